The molecule has 5 heteroatoms. The Morgan fingerprint density at radius 1 is 1.41 bits per heavy atom. The number of rotatable bonds is 5. The molecule has 1 amide bonds. The molecule has 0 spiro atoms. The van der Waals surface area contributed by atoms with E-state index in [2.05, 4.69) is 10.3 Å². The van der Waals surface area contributed by atoms with Crippen LogP contribution in [0.3, 0.4) is 0 Å². The Labute approximate surface area is 102 Å². The van der Waals surface area contributed by atoms with Crippen LogP contribution in [-0.2, 0) is 11.3 Å². The average Bonchev–Trinajstić information content (AvgIpc) is 2.67. The lowest BCUT2D eigenvalue weighted by Gasteiger charge is -2.19. The van der Waals surface area contributed by atoms with Crippen molar-refractivity contribution in [3.05, 3.63) is 18.7 Å². The highest BCUT2D eigenvalue weighted by Crippen LogP contribution is 2.06. The van der Waals surface area contributed by atoms with E-state index in [1.54, 1.807) is 12.5 Å². The van der Waals surface area contributed by atoms with Crippen LogP contribution in [0.5, 0.6) is 0 Å². The second-order valence-electron chi connectivity index (χ2n) is 4.94. The van der Waals surface area contributed by atoms with Gasteiger partial charge in [-0.05, 0) is 33.6 Å². The molecule has 0 aliphatic carbocycles. The molecule has 1 N–H and O–H groups in total. The lowest BCUT2D eigenvalue weighted by molar-refractivity contribution is 0.0527. The lowest BCUT2D eigenvalue weighted by Crippen LogP contribution is -2.33. The van der Waals surface area contributed by atoms with Crippen LogP contribution in [0, 0.1) is 0 Å². The molecule has 0 saturated carbocycles. The van der Waals surface area contributed by atoms with Gasteiger partial charge in [0.2, 0.25) is 0 Å². The highest BCUT2D eigenvalue weighted by Gasteiger charge is 2.15. The standard InChI is InChI=1S/C12H21N3O2/c1-12(2,3)17-11(16)14-6-4-5-8-15-9-7-13-10-15/h7,9-10H,4-6,8H2,1-3H3,(H,14,16). The summed E-state index contributed by atoms with van der Waals surface area (Å²) in [5.74, 6) is 0. The van der Waals surface area contributed by atoms with Crippen LogP contribution < -0.4 is 5.32 Å². The number of alkyl carbamates (subject to hydrolysis) is 1. The summed E-state index contributed by atoms with van der Waals surface area (Å²) in [4.78, 5) is 15.3. The Morgan fingerprint density at radius 2 is 2.18 bits per heavy atom. The molecule has 0 atom stereocenters. The highest BCUT2D eigenvalue weighted by molar-refractivity contribution is 5.67. The molecule has 5 nitrogen and oxygen atoms in total. The maximum atomic E-state index is 11.3. The average molecular weight is 239 g/mol. The molecule has 1 aromatic rings. The van der Waals surface area contributed by atoms with Crippen molar-refractivity contribution in [3.8, 4) is 0 Å². The number of hydrogen-bond donors (Lipinski definition) is 1. The van der Waals surface area contributed by atoms with Crippen molar-refractivity contribution in [2.24, 2.45) is 0 Å². The maximum absolute atomic E-state index is 11.3. The second kappa shape index (κ2) is 6.27. The van der Waals surface area contributed by atoms with Crippen LogP contribution in [0.1, 0.15) is 33.6 Å². The molecule has 0 fully saturated rings. The number of aryl methyl sites for hydroxylation is 1. The van der Waals surface area contributed by atoms with Crippen molar-refractivity contribution < 1.29 is 9.53 Å². The molecule has 1 rings (SSSR count). The largest absolute Gasteiger partial charge is 0.444 e. The highest BCUT2D eigenvalue weighted by atomic mass is 16.6. The summed E-state index contributed by atoms with van der Waals surface area (Å²) >= 11 is 0. The minimum atomic E-state index is -0.430. The van der Waals surface area contributed by atoms with Gasteiger partial charge in [-0.2, -0.15) is 0 Å². The zero-order valence-corrected chi connectivity index (χ0v) is 10.8. The first-order valence-corrected chi connectivity index (χ1v) is 5.90. The van der Waals surface area contributed by atoms with Gasteiger partial charge in [0.25, 0.3) is 0 Å². The van der Waals surface area contributed by atoms with Gasteiger partial charge >= 0.3 is 6.09 Å². The molecule has 96 valence electrons. The number of aromatic nitrogens is 2. The van der Waals surface area contributed by atoms with E-state index >= 15 is 0 Å². The van der Waals surface area contributed by atoms with Crippen LogP contribution in [-0.4, -0.2) is 27.8 Å². The van der Waals surface area contributed by atoms with Crippen molar-refractivity contribution >= 4 is 6.09 Å². The van der Waals surface area contributed by atoms with E-state index < -0.39 is 5.60 Å². The Bertz CT molecular complexity index is 328. The fraction of sp³-hybridized carbons (Fsp3) is 0.667. The number of unbranched alkanes of at least 4 members (excludes halogenated alkanes) is 1. The minimum Gasteiger partial charge on any atom is -0.444 e. The van der Waals surface area contributed by atoms with Gasteiger partial charge in [0, 0.05) is 25.5 Å². The van der Waals surface area contributed by atoms with E-state index in [9.17, 15) is 4.79 Å². The number of ether oxygens (including phenoxy) is 1. The van der Waals surface area contributed by atoms with Crippen LogP contribution in [0.2, 0.25) is 0 Å². The van der Waals surface area contributed by atoms with Gasteiger partial charge in [-0.25, -0.2) is 9.78 Å². The third kappa shape index (κ3) is 6.60. The number of nitrogens with one attached hydrogen (secondary N) is 1. The first kappa shape index (κ1) is 13.5. The van der Waals surface area contributed by atoms with Gasteiger partial charge in [-0.15, -0.1) is 0 Å². The fourth-order valence-electron chi connectivity index (χ4n) is 1.34. The zero-order chi connectivity index (χ0) is 12.7. The Balaban J connectivity index is 2.02. The van der Waals surface area contributed by atoms with E-state index in [1.807, 2.05) is 31.5 Å². The first-order chi connectivity index (χ1) is 7.97. The molecule has 0 aromatic carbocycles. The second-order valence-corrected chi connectivity index (χ2v) is 4.94. The Morgan fingerprint density at radius 3 is 2.76 bits per heavy atom. The monoisotopic (exact) mass is 239 g/mol. The quantitative estimate of drug-likeness (QED) is 0.801. The van der Waals surface area contributed by atoms with Crippen LogP contribution in [0.15, 0.2) is 18.7 Å². The SMILES string of the molecule is CC(C)(C)OC(=O)NCCCCn1ccnc1. The molecule has 0 radical (unpaired) electrons. The number of imidazole rings is 1. The van der Waals surface area contributed by atoms with Gasteiger partial charge in [0.15, 0.2) is 0 Å². The molecule has 0 aliphatic rings. The van der Waals surface area contributed by atoms with Gasteiger partial charge in [-0.1, -0.05) is 0 Å². The van der Waals surface area contributed by atoms with Gasteiger partial charge in [0.1, 0.15) is 5.60 Å². The number of nitrogens with zero attached hydrogens (tertiary/aromatic N) is 2. The first-order valence-electron chi connectivity index (χ1n) is 5.90. The smallest absolute Gasteiger partial charge is 0.407 e. The Hall–Kier alpha value is -1.52. The molecule has 0 aliphatic heterocycles. The van der Waals surface area contributed by atoms with E-state index in [0.717, 1.165) is 19.4 Å². The third-order valence-corrected chi connectivity index (χ3v) is 2.07. The normalized spacial score (nSPS) is 11.2. The van der Waals surface area contributed by atoms with Crippen molar-refractivity contribution in [1.82, 2.24) is 14.9 Å². The molecule has 0 saturated heterocycles. The van der Waals surface area contributed by atoms with Gasteiger partial charge in [-0.3, -0.25) is 0 Å². The van der Waals surface area contributed by atoms with Crippen molar-refractivity contribution in [1.29, 1.82) is 0 Å². The molecule has 1 heterocycles. The van der Waals surface area contributed by atoms with E-state index in [4.69, 9.17) is 4.74 Å². The lowest BCUT2D eigenvalue weighted by atomic mass is 10.2. The minimum absolute atomic E-state index is 0.347. The Kier molecular flexibility index (Phi) is 5.00. The number of carbonyl (C=O) groups excluding carboxylic acids is 1. The fourth-order valence-corrected chi connectivity index (χ4v) is 1.34. The molecular formula is C12H21N3O2. The number of carbonyl (C=O) groups is 1. The van der Waals surface area contributed by atoms with E-state index in [0.29, 0.717) is 6.54 Å². The molecule has 17 heavy (non-hydrogen) atoms. The van der Waals surface area contributed by atoms with Crippen LogP contribution in [0.4, 0.5) is 4.79 Å². The van der Waals surface area contributed by atoms with E-state index in [1.165, 1.54) is 0 Å². The topological polar surface area (TPSA) is 56.1 Å². The van der Waals surface area contributed by atoms with E-state index in [-0.39, 0.29) is 6.09 Å². The van der Waals surface area contributed by atoms with Crippen molar-refractivity contribution in [3.63, 3.8) is 0 Å². The van der Waals surface area contributed by atoms with Crippen molar-refractivity contribution in [2.75, 3.05) is 6.54 Å². The predicted molar refractivity (Wildman–Crippen MR) is 65.7 cm³/mol. The summed E-state index contributed by atoms with van der Waals surface area (Å²) in [6.45, 7) is 7.13. The summed E-state index contributed by atoms with van der Waals surface area (Å²) in [6, 6.07) is 0. The van der Waals surface area contributed by atoms with Gasteiger partial charge < -0.3 is 14.6 Å². The zero-order valence-electron chi connectivity index (χ0n) is 10.8. The molecule has 0 unspecified atom stereocenters. The van der Waals surface area contributed by atoms with Crippen LogP contribution >= 0.6 is 0 Å². The summed E-state index contributed by atoms with van der Waals surface area (Å²) in [5, 5.41) is 2.73. The maximum Gasteiger partial charge on any atom is 0.407 e. The molecular weight excluding hydrogens is 218 g/mol. The summed E-state index contributed by atoms with van der Waals surface area (Å²) in [7, 11) is 0. The molecule has 0 bridgehead atoms. The third-order valence-electron chi connectivity index (χ3n) is 2.07. The van der Waals surface area contributed by atoms with Crippen LogP contribution in [0.25, 0.3) is 0 Å². The summed E-state index contributed by atoms with van der Waals surface area (Å²) in [5.41, 5.74) is -0.430. The number of hydrogen-bond acceptors (Lipinski definition) is 3. The number of amides is 1. The predicted octanol–water partition coefficient (Wildman–Crippen LogP) is 2.19. The molecule has 1 aromatic heterocycles. The van der Waals surface area contributed by atoms with Crippen molar-refractivity contribution in [2.45, 2.75) is 45.8 Å². The summed E-state index contributed by atoms with van der Waals surface area (Å²) < 4.78 is 7.15. The van der Waals surface area contributed by atoms with Gasteiger partial charge in [0.05, 0.1) is 6.33 Å². The summed E-state index contributed by atoms with van der Waals surface area (Å²) in [6.07, 6.45) is 7.07.